The van der Waals surface area contributed by atoms with E-state index < -0.39 is 0 Å². The fourth-order valence-electron chi connectivity index (χ4n) is 3.73. The van der Waals surface area contributed by atoms with Gasteiger partial charge in [0.1, 0.15) is 0 Å². The molecule has 3 heterocycles. The van der Waals surface area contributed by atoms with Gasteiger partial charge in [-0.3, -0.25) is 4.79 Å². The van der Waals surface area contributed by atoms with E-state index in [1.54, 1.807) is 4.68 Å². The molecule has 1 fully saturated rings. The summed E-state index contributed by atoms with van der Waals surface area (Å²) in [5, 5.41) is 13.3. The second-order valence-electron chi connectivity index (χ2n) is 7.45. The number of halogens is 1. The third-order valence-electron chi connectivity index (χ3n) is 5.39. The highest BCUT2D eigenvalue weighted by Crippen LogP contribution is 2.24. The van der Waals surface area contributed by atoms with Crippen LogP contribution in [0.3, 0.4) is 0 Å². The predicted octanol–water partition coefficient (Wildman–Crippen LogP) is 3.95. The van der Waals surface area contributed by atoms with Crippen LogP contribution in [0.1, 0.15) is 40.2 Å². The van der Waals surface area contributed by atoms with Gasteiger partial charge in [0, 0.05) is 35.1 Å². The predicted molar refractivity (Wildman–Crippen MR) is 116 cm³/mol. The molecule has 1 aliphatic rings. The third-order valence-corrected chi connectivity index (χ3v) is 6.72. The van der Waals surface area contributed by atoms with Crippen molar-refractivity contribution < 1.29 is 9.53 Å². The van der Waals surface area contributed by atoms with Crippen LogP contribution in [0.5, 0.6) is 0 Å². The number of rotatable bonds is 8. The molecule has 30 heavy (non-hydrogen) atoms. The average molecular weight is 446 g/mol. The number of Topliss-reactive ketones (excluding diaryl/α,β-unsaturated/α-hetero) is 1. The van der Waals surface area contributed by atoms with E-state index in [9.17, 15) is 4.79 Å². The second-order valence-corrected chi connectivity index (χ2v) is 8.80. The van der Waals surface area contributed by atoms with E-state index in [0.29, 0.717) is 18.2 Å². The summed E-state index contributed by atoms with van der Waals surface area (Å²) < 4.78 is 9.52. The van der Waals surface area contributed by atoms with Gasteiger partial charge in [0.25, 0.3) is 0 Å². The zero-order valence-corrected chi connectivity index (χ0v) is 18.6. The smallest absolute Gasteiger partial charge is 0.209 e. The van der Waals surface area contributed by atoms with Gasteiger partial charge in [-0.2, -0.15) is 0 Å². The molecule has 9 heteroatoms. The molecule has 3 aromatic rings. The lowest BCUT2D eigenvalue weighted by molar-refractivity contribution is 0.0912. The highest BCUT2D eigenvalue weighted by Gasteiger charge is 2.21. The Bertz CT molecular complexity index is 1040. The van der Waals surface area contributed by atoms with Gasteiger partial charge in [-0.25, -0.2) is 4.68 Å². The number of ether oxygens (including phenoxy) is 1. The maximum atomic E-state index is 12.9. The number of thioether (sulfide) groups is 1. The molecule has 2 aromatic heterocycles. The Labute approximate surface area is 184 Å². The number of aryl methyl sites for hydroxylation is 1. The zero-order chi connectivity index (χ0) is 21.1. The normalized spacial score (nSPS) is 16.3. The number of carbonyl (C=O) groups excluding carboxylic acids is 1. The van der Waals surface area contributed by atoms with E-state index in [4.69, 9.17) is 16.3 Å². The standard InChI is InChI=1S/C21H24ClN5O2S/c1-14-10-18(15(2)26(14)11-16-6-3-4-8-19(16)22)20(28)13-30-21-23-24-25-27(21)12-17-7-5-9-29-17/h3-4,6,8,10,17H,5,7,9,11-13H2,1-2H3/t17-/m0/s1. The summed E-state index contributed by atoms with van der Waals surface area (Å²) in [5.41, 5.74) is 3.73. The molecule has 0 bridgehead atoms. The van der Waals surface area contributed by atoms with Gasteiger partial charge >= 0.3 is 0 Å². The van der Waals surface area contributed by atoms with Crippen LogP contribution in [0.2, 0.25) is 5.02 Å². The number of ketones is 1. The molecule has 0 saturated carbocycles. The Morgan fingerprint density at radius 2 is 2.17 bits per heavy atom. The van der Waals surface area contributed by atoms with Crippen molar-refractivity contribution in [3.05, 3.63) is 57.9 Å². The van der Waals surface area contributed by atoms with E-state index in [2.05, 4.69) is 20.1 Å². The van der Waals surface area contributed by atoms with E-state index in [1.165, 1.54) is 11.8 Å². The molecule has 1 atom stereocenters. The van der Waals surface area contributed by atoms with E-state index in [1.807, 2.05) is 44.2 Å². The van der Waals surface area contributed by atoms with Crippen LogP contribution < -0.4 is 0 Å². The van der Waals surface area contributed by atoms with Crippen molar-refractivity contribution >= 4 is 29.1 Å². The molecule has 0 spiro atoms. The van der Waals surface area contributed by atoms with Crippen LogP contribution in [-0.2, 0) is 17.8 Å². The van der Waals surface area contributed by atoms with Crippen molar-refractivity contribution in [1.82, 2.24) is 24.8 Å². The summed E-state index contributed by atoms with van der Waals surface area (Å²) in [6.07, 6.45) is 2.23. The van der Waals surface area contributed by atoms with E-state index in [0.717, 1.165) is 47.0 Å². The van der Waals surface area contributed by atoms with Crippen LogP contribution >= 0.6 is 23.4 Å². The average Bonchev–Trinajstić information content (AvgIpc) is 3.46. The molecule has 0 amide bonds. The van der Waals surface area contributed by atoms with Gasteiger partial charge in [0.15, 0.2) is 5.78 Å². The lowest BCUT2D eigenvalue weighted by Gasteiger charge is -2.11. The molecular weight excluding hydrogens is 422 g/mol. The first-order chi connectivity index (χ1) is 14.5. The Morgan fingerprint density at radius 1 is 1.33 bits per heavy atom. The largest absolute Gasteiger partial charge is 0.376 e. The van der Waals surface area contributed by atoms with E-state index >= 15 is 0 Å². The van der Waals surface area contributed by atoms with Crippen LogP contribution in [0.25, 0.3) is 0 Å². The summed E-state index contributed by atoms with van der Waals surface area (Å²) in [5.74, 6) is 0.340. The van der Waals surface area contributed by atoms with Gasteiger partial charge in [-0.1, -0.05) is 41.6 Å². The lowest BCUT2D eigenvalue weighted by Crippen LogP contribution is -2.17. The van der Waals surface area contributed by atoms with Gasteiger partial charge in [-0.15, -0.1) is 5.10 Å². The molecule has 0 aliphatic carbocycles. The number of carbonyl (C=O) groups is 1. The zero-order valence-electron chi connectivity index (χ0n) is 17.0. The quantitative estimate of drug-likeness (QED) is 0.386. The molecule has 1 saturated heterocycles. The first-order valence-corrected chi connectivity index (χ1v) is 11.3. The summed E-state index contributed by atoms with van der Waals surface area (Å²) in [6, 6.07) is 9.73. The monoisotopic (exact) mass is 445 g/mol. The van der Waals surface area contributed by atoms with Crippen molar-refractivity contribution in [3.63, 3.8) is 0 Å². The highest BCUT2D eigenvalue weighted by atomic mass is 35.5. The molecule has 0 radical (unpaired) electrons. The molecule has 0 unspecified atom stereocenters. The molecular formula is C21H24ClN5O2S. The Hall–Kier alpha value is -2.16. The van der Waals surface area contributed by atoms with Crippen LogP contribution in [-0.4, -0.2) is 49.0 Å². The Morgan fingerprint density at radius 3 is 2.93 bits per heavy atom. The minimum atomic E-state index is 0.0603. The van der Waals surface area contributed by atoms with Gasteiger partial charge in [0.2, 0.25) is 5.16 Å². The van der Waals surface area contributed by atoms with Crippen LogP contribution in [0.4, 0.5) is 0 Å². The Balaban J connectivity index is 1.43. The summed E-state index contributed by atoms with van der Waals surface area (Å²) >= 11 is 7.68. The fraction of sp³-hybridized carbons (Fsp3) is 0.429. The van der Waals surface area contributed by atoms with Gasteiger partial charge < -0.3 is 9.30 Å². The fourth-order valence-corrected chi connectivity index (χ4v) is 4.69. The number of benzene rings is 1. The van der Waals surface area contributed by atoms with Crippen LogP contribution in [0, 0.1) is 13.8 Å². The molecule has 7 nitrogen and oxygen atoms in total. The summed E-state index contributed by atoms with van der Waals surface area (Å²) in [7, 11) is 0. The van der Waals surface area contributed by atoms with Crippen molar-refractivity contribution in [3.8, 4) is 0 Å². The van der Waals surface area contributed by atoms with Crippen molar-refractivity contribution in [1.29, 1.82) is 0 Å². The third kappa shape index (κ3) is 4.61. The highest BCUT2D eigenvalue weighted by molar-refractivity contribution is 7.99. The first-order valence-electron chi connectivity index (χ1n) is 9.97. The molecule has 1 aliphatic heterocycles. The summed E-state index contributed by atoms with van der Waals surface area (Å²) in [6.45, 7) is 6.03. The molecule has 1 aromatic carbocycles. The number of tetrazole rings is 1. The minimum absolute atomic E-state index is 0.0603. The number of hydrogen-bond donors (Lipinski definition) is 0. The van der Waals surface area contributed by atoms with Crippen molar-refractivity contribution in [2.75, 3.05) is 12.4 Å². The van der Waals surface area contributed by atoms with Crippen molar-refractivity contribution in [2.45, 2.75) is 51.0 Å². The van der Waals surface area contributed by atoms with Crippen molar-refractivity contribution in [2.24, 2.45) is 0 Å². The Kier molecular flexibility index (Phi) is 6.55. The van der Waals surface area contributed by atoms with Crippen LogP contribution in [0.15, 0.2) is 35.5 Å². The SMILES string of the molecule is Cc1cc(C(=O)CSc2nnnn2C[C@@H]2CCCO2)c(C)n1Cc1ccccc1Cl. The van der Waals surface area contributed by atoms with Gasteiger partial charge in [-0.05, 0) is 54.8 Å². The maximum Gasteiger partial charge on any atom is 0.209 e. The first kappa shape index (κ1) is 21.1. The van der Waals surface area contributed by atoms with E-state index in [-0.39, 0.29) is 17.6 Å². The van der Waals surface area contributed by atoms with Gasteiger partial charge in [0.05, 0.1) is 18.4 Å². The number of hydrogen-bond acceptors (Lipinski definition) is 6. The molecule has 0 N–H and O–H groups in total. The topological polar surface area (TPSA) is 74.8 Å². The molecule has 4 rings (SSSR count). The second kappa shape index (κ2) is 9.32. The summed E-state index contributed by atoms with van der Waals surface area (Å²) in [4.78, 5) is 12.9. The maximum absolute atomic E-state index is 12.9. The number of nitrogens with zero attached hydrogens (tertiary/aromatic N) is 5. The molecule has 158 valence electrons. The number of aromatic nitrogens is 5. The minimum Gasteiger partial charge on any atom is -0.376 e. The lowest BCUT2D eigenvalue weighted by atomic mass is 10.2.